The first-order valence-electron chi connectivity index (χ1n) is 20.7. The van der Waals surface area contributed by atoms with Gasteiger partial charge in [0.2, 0.25) is 11.8 Å². The van der Waals surface area contributed by atoms with Gasteiger partial charge in [-0.05, 0) is 88.1 Å². The average molecular weight is 838 g/mol. The summed E-state index contributed by atoms with van der Waals surface area (Å²) in [5, 5.41) is 14.7. The maximum absolute atomic E-state index is 15.5. The molecule has 4 saturated heterocycles. The summed E-state index contributed by atoms with van der Waals surface area (Å²) in [6.45, 7) is 5.85. The zero-order valence-corrected chi connectivity index (χ0v) is 33.8. The van der Waals surface area contributed by atoms with Crippen molar-refractivity contribution in [1.82, 2.24) is 30.4 Å². The number of likely N-dealkylation sites (tertiary alicyclic amines) is 1. The molecule has 1 atom stereocenters. The zero-order valence-electron chi connectivity index (χ0n) is 33.0. The van der Waals surface area contributed by atoms with Gasteiger partial charge in [-0.15, -0.1) is 0 Å². The Hall–Kier alpha value is -5.66. The molecule has 6 heterocycles. The van der Waals surface area contributed by atoms with Crippen molar-refractivity contribution in [2.45, 2.75) is 76.0 Å². The second-order valence-corrected chi connectivity index (χ2v) is 17.6. The van der Waals surface area contributed by atoms with Gasteiger partial charge in [-0.2, -0.15) is 5.26 Å². The number of aromatic nitrogens is 2. The highest BCUT2D eigenvalue weighted by Gasteiger charge is 2.50. The van der Waals surface area contributed by atoms with Gasteiger partial charge >= 0.3 is 0 Å². The van der Waals surface area contributed by atoms with Gasteiger partial charge in [-0.1, -0.05) is 11.6 Å². The predicted molar refractivity (Wildman–Crippen MR) is 216 cm³/mol. The monoisotopic (exact) mass is 837 g/mol. The van der Waals surface area contributed by atoms with Crippen molar-refractivity contribution in [3.8, 4) is 11.8 Å². The lowest BCUT2D eigenvalue weighted by Crippen LogP contribution is -2.58. The molecule has 312 valence electrons. The molecular formula is C43H45ClFN9O6. The van der Waals surface area contributed by atoms with E-state index in [9.17, 15) is 24.0 Å². The number of hydrogen-bond donors (Lipinski definition) is 2. The number of halogens is 2. The van der Waals surface area contributed by atoms with Crippen molar-refractivity contribution in [3.05, 3.63) is 75.9 Å². The molecule has 0 bridgehead atoms. The van der Waals surface area contributed by atoms with Crippen LogP contribution < -0.4 is 25.2 Å². The summed E-state index contributed by atoms with van der Waals surface area (Å²) in [5.74, 6) is -1.40. The number of carbonyl (C=O) groups excluding carboxylic acids is 5. The summed E-state index contributed by atoms with van der Waals surface area (Å²) in [6.07, 6.45) is 9.42. The van der Waals surface area contributed by atoms with E-state index in [-0.39, 0.29) is 58.8 Å². The Bertz CT molecular complexity index is 2280. The van der Waals surface area contributed by atoms with Crippen LogP contribution in [-0.4, -0.2) is 113 Å². The van der Waals surface area contributed by atoms with Crippen LogP contribution in [0.2, 0.25) is 5.02 Å². The van der Waals surface area contributed by atoms with E-state index in [1.165, 1.54) is 6.07 Å². The van der Waals surface area contributed by atoms with Crippen LogP contribution in [0.4, 0.5) is 15.9 Å². The Morgan fingerprint density at radius 2 is 1.68 bits per heavy atom. The molecule has 1 spiro atoms. The molecule has 15 nitrogen and oxygen atoms in total. The summed E-state index contributed by atoms with van der Waals surface area (Å²) < 4.78 is 21.5. The fourth-order valence-electron chi connectivity index (χ4n) is 9.85. The predicted octanol–water partition coefficient (Wildman–Crippen LogP) is 4.09. The Balaban J connectivity index is 0.706. The van der Waals surface area contributed by atoms with Gasteiger partial charge in [0.1, 0.15) is 35.2 Å². The van der Waals surface area contributed by atoms with E-state index in [4.69, 9.17) is 21.6 Å². The van der Waals surface area contributed by atoms with Crippen LogP contribution in [0, 0.1) is 28.5 Å². The van der Waals surface area contributed by atoms with E-state index in [2.05, 4.69) is 30.4 Å². The van der Waals surface area contributed by atoms with Gasteiger partial charge in [0.05, 0.1) is 45.9 Å². The van der Waals surface area contributed by atoms with Crippen LogP contribution in [0.25, 0.3) is 0 Å². The molecule has 1 aromatic heterocycles. The zero-order chi connectivity index (χ0) is 41.7. The third-order valence-electron chi connectivity index (χ3n) is 13.1. The van der Waals surface area contributed by atoms with Gasteiger partial charge in [0, 0.05) is 63.2 Å². The van der Waals surface area contributed by atoms with Crippen molar-refractivity contribution in [3.63, 3.8) is 0 Å². The van der Waals surface area contributed by atoms with Crippen molar-refractivity contribution in [2.75, 3.05) is 55.6 Å². The van der Waals surface area contributed by atoms with E-state index in [0.29, 0.717) is 35.3 Å². The van der Waals surface area contributed by atoms with Crippen LogP contribution in [0.3, 0.4) is 0 Å². The Kier molecular flexibility index (Phi) is 10.7. The third kappa shape index (κ3) is 7.76. The average Bonchev–Trinajstić information content (AvgIpc) is 3.76. The summed E-state index contributed by atoms with van der Waals surface area (Å²) in [6, 6.07) is 8.59. The summed E-state index contributed by atoms with van der Waals surface area (Å²) >= 11 is 6.15. The number of anilines is 2. The van der Waals surface area contributed by atoms with Crippen LogP contribution in [-0.2, 0) is 9.59 Å². The number of piperidine rings is 2. The van der Waals surface area contributed by atoms with E-state index >= 15 is 4.39 Å². The number of nitrogens with zero attached hydrogens (tertiary/aromatic N) is 7. The molecule has 1 saturated carbocycles. The minimum atomic E-state index is -1.10. The number of amides is 5. The highest BCUT2D eigenvalue weighted by Crippen LogP contribution is 2.44. The van der Waals surface area contributed by atoms with Crippen LogP contribution in [0.1, 0.15) is 94.6 Å². The number of fused-ring (bicyclic) bond motifs is 1. The first kappa shape index (κ1) is 39.8. The highest BCUT2D eigenvalue weighted by atomic mass is 35.5. The Labute approximate surface area is 351 Å². The first-order chi connectivity index (χ1) is 29.0. The molecule has 60 heavy (non-hydrogen) atoms. The molecular weight excluding hydrogens is 793 g/mol. The number of ether oxygens (including phenoxy) is 1. The summed E-state index contributed by atoms with van der Waals surface area (Å²) in [5.41, 5.74) is 1.04. The van der Waals surface area contributed by atoms with E-state index < -0.39 is 35.5 Å². The van der Waals surface area contributed by atoms with Crippen molar-refractivity contribution < 1.29 is 33.1 Å². The largest absolute Gasteiger partial charge is 0.490 e. The second-order valence-electron chi connectivity index (χ2n) is 17.1. The smallest absolute Gasteiger partial charge is 0.271 e. The molecule has 2 N–H and O–H groups in total. The van der Waals surface area contributed by atoms with Crippen molar-refractivity contribution >= 4 is 52.6 Å². The van der Waals surface area contributed by atoms with Crippen molar-refractivity contribution in [2.24, 2.45) is 11.3 Å². The molecule has 17 heteroatoms. The van der Waals surface area contributed by atoms with Gasteiger partial charge in [-0.3, -0.25) is 34.2 Å². The van der Waals surface area contributed by atoms with Gasteiger partial charge in [0.25, 0.3) is 17.7 Å². The lowest BCUT2D eigenvalue weighted by atomic mass is 9.78. The normalized spacial score (nSPS) is 24.3. The molecule has 5 amide bonds. The number of rotatable bonds is 9. The minimum absolute atomic E-state index is 0.00984. The molecule has 1 unspecified atom stereocenters. The standard InChI is InChI=1S/C43H45ClFN9O6/c44-32-15-29(4-1-26(32)18-46)60-28-5-2-27(3-6-28)49-39(56)34-19-48-37(20-47-34)52-12-9-25(10-13-52)21-51-14-11-43(22-51)23-53(24-43)36-17-31-30(16-33(36)45)41(58)54(42(31)59)35-7-8-38(55)50-40(35)57/h1,4,15-17,19-20,25,27-28,35H,2-3,5-14,21-24H2,(H,49,56)(H,50,55,57)/t27-,28-,35?. The fraction of sp³-hybridized carbons (Fsp3) is 0.488. The molecule has 6 aliphatic rings. The topological polar surface area (TPSA) is 181 Å². The summed E-state index contributed by atoms with van der Waals surface area (Å²) in [4.78, 5) is 80.1. The fourth-order valence-corrected chi connectivity index (χ4v) is 10.1. The van der Waals surface area contributed by atoms with Gasteiger partial charge < -0.3 is 24.8 Å². The van der Waals surface area contributed by atoms with Crippen molar-refractivity contribution in [1.29, 1.82) is 5.26 Å². The number of nitriles is 1. The molecule has 1 aliphatic carbocycles. The van der Waals surface area contributed by atoms with E-state index in [0.717, 1.165) is 94.5 Å². The number of nitrogens with one attached hydrogen (secondary N) is 2. The molecule has 0 radical (unpaired) electrons. The van der Waals surface area contributed by atoms with Gasteiger partial charge in [-0.25, -0.2) is 14.4 Å². The molecule has 3 aromatic rings. The van der Waals surface area contributed by atoms with Crippen LogP contribution in [0.5, 0.6) is 5.75 Å². The Morgan fingerprint density at radius 3 is 2.37 bits per heavy atom. The Morgan fingerprint density at radius 1 is 0.933 bits per heavy atom. The summed E-state index contributed by atoms with van der Waals surface area (Å²) in [7, 11) is 0. The number of benzene rings is 2. The number of hydrogen-bond acceptors (Lipinski definition) is 12. The number of imide groups is 2. The lowest BCUT2D eigenvalue weighted by molar-refractivity contribution is -0.136. The number of carbonyl (C=O) groups is 5. The van der Waals surface area contributed by atoms with Crippen LogP contribution in [0.15, 0.2) is 42.7 Å². The molecule has 5 fully saturated rings. The minimum Gasteiger partial charge on any atom is -0.490 e. The maximum Gasteiger partial charge on any atom is 0.271 e. The first-order valence-corrected chi connectivity index (χ1v) is 21.1. The molecule has 9 rings (SSSR count). The van der Waals surface area contributed by atoms with Gasteiger partial charge in [0.15, 0.2) is 0 Å². The van der Waals surface area contributed by atoms with E-state index in [1.807, 2.05) is 11.0 Å². The SMILES string of the molecule is N#Cc1ccc(O[C@H]2CC[C@H](NC(=O)c3cnc(N4CCC(CN5CCC6(C5)CN(c5cc7c(cc5F)C(=O)N(C5CCC(=O)NC5=O)C7=O)C6)CC4)cn3)CC2)cc1Cl. The molecule has 2 aromatic carbocycles. The second kappa shape index (κ2) is 16.1. The lowest BCUT2D eigenvalue weighted by Gasteiger charge is -2.49. The van der Waals surface area contributed by atoms with E-state index in [1.54, 1.807) is 30.6 Å². The maximum atomic E-state index is 15.5. The highest BCUT2D eigenvalue weighted by molar-refractivity contribution is 6.31. The third-order valence-corrected chi connectivity index (χ3v) is 13.4. The quantitative estimate of drug-likeness (QED) is 0.295. The molecule has 5 aliphatic heterocycles. The van der Waals surface area contributed by atoms with Crippen LogP contribution >= 0.6 is 11.6 Å².